The quantitative estimate of drug-likeness (QED) is 0.249. The van der Waals surface area contributed by atoms with Crippen LogP contribution in [0.4, 0.5) is 0 Å². The molecular formula is C12H22N4O. The fourth-order valence-electron chi connectivity index (χ4n) is 1.79. The van der Waals surface area contributed by atoms with Crippen LogP contribution in [0.25, 0.3) is 0 Å². The molecule has 0 saturated heterocycles. The molecule has 96 valence electrons. The van der Waals surface area contributed by atoms with E-state index in [1.807, 2.05) is 0 Å². The maximum Gasteiger partial charge on any atom is 0.170 e. The lowest BCUT2D eigenvalue weighted by atomic mass is 10.1. The Bertz CT molecular complexity index is 308. The van der Waals surface area contributed by atoms with E-state index in [0.29, 0.717) is 5.84 Å². The molecule has 0 unspecified atom stereocenters. The fraction of sp³-hybridized carbons (Fsp3) is 0.750. The van der Waals surface area contributed by atoms with Crippen molar-refractivity contribution in [2.75, 3.05) is 0 Å². The van der Waals surface area contributed by atoms with E-state index in [4.69, 9.17) is 5.21 Å². The monoisotopic (exact) mass is 238 g/mol. The molecule has 5 heteroatoms. The average molecular weight is 238 g/mol. The molecule has 0 amide bonds. The predicted molar refractivity (Wildman–Crippen MR) is 67.3 cm³/mol. The van der Waals surface area contributed by atoms with Crippen molar-refractivity contribution in [3.8, 4) is 0 Å². The Morgan fingerprint density at radius 2 is 1.88 bits per heavy atom. The Balaban J connectivity index is 2.09. The summed E-state index contributed by atoms with van der Waals surface area (Å²) in [5.41, 5.74) is 0. The van der Waals surface area contributed by atoms with Gasteiger partial charge in [0.15, 0.2) is 5.84 Å². The summed E-state index contributed by atoms with van der Waals surface area (Å²) in [4.78, 5) is 3.83. The zero-order valence-corrected chi connectivity index (χ0v) is 10.5. The molecule has 1 rings (SSSR count). The van der Waals surface area contributed by atoms with Crippen molar-refractivity contribution in [1.29, 1.82) is 0 Å². The van der Waals surface area contributed by atoms with Gasteiger partial charge in [-0.05, 0) is 6.42 Å². The van der Waals surface area contributed by atoms with Crippen molar-refractivity contribution in [3.05, 3.63) is 12.7 Å². The highest BCUT2D eigenvalue weighted by molar-refractivity contribution is 5.82. The number of nitrogens with zero attached hydrogens (tertiary/aromatic N) is 4. The Morgan fingerprint density at radius 1 is 1.18 bits per heavy atom. The third kappa shape index (κ3) is 5.47. The summed E-state index contributed by atoms with van der Waals surface area (Å²) in [5.74, 6) is 0.566. The van der Waals surface area contributed by atoms with Crippen molar-refractivity contribution in [2.24, 2.45) is 5.16 Å². The molecule has 0 aliphatic carbocycles. The summed E-state index contributed by atoms with van der Waals surface area (Å²) in [6, 6.07) is 0. The lowest BCUT2D eigenvalue weighted by molar-refractivity contribution is 0.314. The maximum absolute atomic E-state index is 8.87. The lowest BCUT2D eigenvalue weighted by Gasteiger charge is -2.03. The molecule has 0 radical (unpaired) electrons. The highest BCUT2D eigenvalue weighted by atomic mass is 16.4. The van der Waals surface area contributed by atoms with E-state index in [1.165, 1.54) is 49.5 Å². The molecule has 0 bridgehead atoms. The molecule has 0 saturated carbocycles. The number of hydrogen-bond donors (Lipinski definition) is 1. The van der Waals surface area contributed by atoms with Crippen LogP contribution in [-0.2, 0) is 0 Å². The molecule has 17 heavy (non-hydrogen) atoms. The first kappa shape index (κ1) is 13.7. The van der Waals surface area contributed by atoms with Gasteiger partial charge in [-0.25, -0.2) is 9.67 Å². The first-order chi connectivity index (χ1) is 8.38. The van der Waals surface area contributed by atoms with Gasteiger partial charge in [-0.15, -0.1) is 0 Å². The Kier molecular flexibility index (Phi) is 7.02. The molecule has 0 atom stereocenters. The van der Waals surface area contributed by atoms with E-state index in [0.717, 1.165) is 12.8 Å². The third-order valence-electron chi connectivity index (χ3n) is 2.80. The molecule has 0 aromatic carbocycles. The Hall–Kier alpha value is -1.39. The minimum Gasteiger partial charge on any atom is -0.409 e. The van der Waals surface area contributed by atoms with Gasteiger partial charge in [0.05, 0.1) is 0 Å². The van der Waals surface area contributed by atoms with Gasteiger partial charge in [0.1, 0.15) is 12.7 Å². The van der Waals surface area contributed by atoms with Crippen LogP contribution >= 0.6 is 0 Å². The molecule has 1 heterocycles. The van der Waals surface area contributed by atoms with Crippen LogP contribution in [-0.4, -0.2) is 25.8 Å². The Morgan fingerprint density at radius 3 is 2.47 bits per heavy atom. The molecule has 1 aromatic heterocycles. The van der Waals surface area contributed by atoms with Gasteiger partial charge < -0.3 is 5.21 Å². The molecule has 0 fully saturated rings. The summed E-state index contributed by atoms with van der Waals surface area (Å²) < 4.78 is 1.51. The molecule has 5 nitrogen and oxygen atoms in total. The zero-order valence-electron chi connectivity index (χ0n) is 10.5. The van der Waals surface area contributed by atoms with Gasteiger partial charge in [-0.2, -0.15) is 5.10 Å². The van der Waals surface area contributed by atoms with Gasteiger partial charge in [0, 0.05) is 6.42 Å². The number of rotatable bonds is 8. The molecule has 0 aliphatic rings. The van der Waals surface area contributed by atoms with E-state index < -0.39 is 0 Å². The summed E-state index contributed by atoms with van der Waals surface area (Å²) in [6.07, 6.45) is 12.5. The molecule has 0 spiro atoms. The van der Waals surface area contributed by atoms with Gasteiger partial charge >= 0.3 is 0 Å². The van der Waals surface area contributed by atoms with Crippen LogP contribution in [0.5, 0.6) is 0 Å². The Labute approximate surface area is 103 Å². The topological polar surface area (TPSA) is 63.3 Å². The summed E-state index contributed by atoms with van der Waals surface area (Å²) in [7, 11) is 0. The molecule has 1 N–H and O–H groups in total. The fourth-order valence-corrected chi connectivity index (χ4v) is 1.79. The van der Waals surface area contributed by atoms with E-state index in [1.54, 1.807) is 6.33 Å². The van der Waals surface area contributed by atoms with Crippen LogP contribution < -0.4 is 0 Å². The van der Waals surface area contributed by atoms with Crippen molar-refractivity contribution in [3.63, 3.8) is 0 Å². The van der Waals surface area contributed by atoms with Crippen molar-refractivity contribution < 1.29 is 5.21 Å². The van der Waals surface area contributed by atoms with Gasteiger partial charge in [-0.3, -0.25) is 0 Å². The van der Waals surface area contributed by atoms with E-state index >= 15 is 0 Å². The number of unbranched alkanes of at least 4 members (excludes halogenated alkanes) is 6. The SMILES string of the molecule is CCCCCCCCCC(=NO)n1cncn1. The molecule has 1 aromatic rings. The van der Waals surface area contributed by atoms with Crippen LogP contribution in [0, 0.1) is 0 Å². The molecular weight excluding hydrogens is 216 g/mol. The number of hydrogen-bond acceptors (Lipinski definition) is 4. The first-order valence-corrected chi connectivity index (χ1v) is 6.44. The predicted octanol–water partition coefficient (Wildman–Crippen LogP) is 3.05. The summed E-state index contributed by atoms with van der Waals surface area (Å²) >= 11 is 0. The largest absolute Gasteiger partial charge is 0.409 e. The molecule has 0 aliphatic heterocycles. The lowest BCUT2D eigenvalue weighted by Crippen LogP contribution is -2.12. The van der Waals surface area contributed by atoms with Crippen molar-refractivity contribution in [1.82, 2.24) is 14.8 Å². The second-order valence-electron chi connectivity index (χ2n) is 4.23. The standard InChI is InChI=1S/C12H22N4O/c1-2-3-4-5-6-7-8-9-12(15-17)16-11-13-10-14-16/h10-11,17H,2-9H2,1H3. The van der Waals surface area contributed by atoms with Gasteiger partial charge in [0.25, 0.3) is 0 Å². The maximum atomic E-state index is 8.87. The highest BCUT2D eigenvalue weighted by Gasteiger charge is 2.03. The van der Waals surface area contributed by atoms with Crippen LogP contribution in [0.3, 0.4) is 0 Å². The summed E-state index contributed by atoms with van der Waals surface area (Å²) in [6.45, 7) is 2.22. The second kappa shape index (κ2) is 8.73. The van der Waals surface area contributed by atoms with E-state index in [9.17, 15) is 0 Å². The number of oxime groups is 1. The van der Waals surface area contributed by atoms with Crippen LogP contribution in [0.1, 0.15) is 58.3 Å². The third-order valence-corrected chi connectivity index (χ3v) is 2.80. The minimum atomic E-state index is 0.566. The summed E-state index contributed by atoms with van der Waals surface area (Å²) in [5, 5.41) is 16.1. The second-order valence-corrected chi connectivity index (χ2v) is 4.23. The van der Waals surface area contributed by atoms with E-state index in [-0.39, 0.29) is 0 Å². The first-order valence-electron chi connectivity index (χ1n) is 6.44. The average Bonchev–Trinajstić information content (AvgIpc) is 2.86. The van der Waals surface area contributed by atoms with Gasteiger partial charge in [-0.1, -0.05) is 50.6 Å². The van der Waals surface area contributed by atoms with E-state index in [2.05, 4.69) is 22.2 Å². The van der Waals surface area contributed by atoms with Crippen LogP contribution in [0.15, 0.2) is 17.8 Å². The van der Waals surface area contributed by atoms with Crippen LogP contribution in [0.2, 0.25) is 0 Å². The highest BCUT2D eigenvalue weighted by Crippen LogP contribution is 2.09. The van der Waals surface area contributed by atoms with Gasteiger partial charge in [0.2, 0.25) is 0 Å². The normalized spacial score (nSPS) is 11.9. The van der Waals surface area contributed by atoms with Crippen molar-refractivity contribution >= 4 is 5.84 Å². The minimum absolute atomic E-state index is 0.566. The van der Waals surface area contributed by atoms with Crippen molar-refractivity contribution in [2.45, 2.75) is 58.3 Å². The zero-order chi connectivity index (χ0) is 12.3. The smallest absolute Gasteiger partial charge is 0.170 e. The number of aromatic nitrogens is 3.